The summed E-state index contributed by atoms with van der Waals surface area (Å²) in [6.45, 7) is 2.45. The second-order valence-corrected chi connectivity index (χ2v) is 8.54. The van der Waals surface area contributed by atoms with Gasteiger partial charge in [-0.05, 0) is 42.0 Å². The lowest BCUT2D eigenvalue weighted by Crippen LogP contribution is -2.36. The number of hydrogen-bond acceptors (Lipinski definition) is 6. The third-order valence-corrected chi connectivity index (χ3v) is 6.32. The predicted octanol–water partition coefficient (Wildman–Crippen LogP) is 5.35. The fourth-order valence-corrected chi connectivity index (χ4v) is 4.61. The Balaban J connectivity index is 1.28. The third-order valence-electron chi connectivity index (χ3n) is 5.44. The maximum atomic E-state index is 14.7. The molecule has 6 nitrogen and oxygen atoms in total. The van der Waals surface area contributed by atoms with Gasteiger partial charge in [0.05, 0.1) is 18.9 Å². The number of anilines is 2. The van der Waals surface area contributed by atoms with Crippen LogP contribution >= 0.6 is 11.8 Å². The van der Waals surface area contributed by atoms with Crippen molar-refractivity contribution in [3.8, 4) is 0 Å². The molecule has 0 spiro atoms. The number of rotatable bonds is 6. The molecule has 1 amide bonds. The summed E-state index contributed by atoms with van der Waals surface area (Å²) in [4.78, 5) is 19.4. The second kappa shape index (κ2) is 9.64. The van der Waals surface area contributed by atoms with Gasteiger partial charge in [-0.1, -0.05) is 42.1 Å². The van der Waals surface area contributed by atoms with E-state index in [2.05, 4.69) is 10.3 Å². The fraction of sp³-hybridized carbons (Fsp3) is 0.200. The summed E-state index contributed by atoms with van der Waals surface area (Å²) in [5.74, 6) is -0.141. The first kappa shape index (κ1) is 21.5. The van der Waals surface area contributed by atoms with Crippen molar-refractivity contribution in [3.05, 3.63) is 83.7 Å². The van der Waals surface area contributed by atoms with Crippen LogP contribution in [0.3, 0.4) is 0 Å². The van der Waals surface area contributed by atoms with Crippen LogP contribution in [0.15, 0.2) is 76.4 Å². The van der Waals surface area contributed by atoms with Gasteiger partial charge >= 0.3 is 0 Å². The van der Waals surface area contributed by atoms with Crippen molar-refractivity contribution in [2.75, 3.05) is 36.5 Å². The minimum absolute atomic E-state index is 0.290. The summed E-state index contributed by atoms with van der Waals surface area (Å²) in [5.41, 5.74) is 3.83. The first-order valence-electron chi connectivity index (χ1n) is 10.7. The highest BCUT2D eigenvalue weighted by molar-refractivity contribution is 7.98. The smallest absolute Gasteiger partial charge is 0.257 e. The van der Waals surface area contributed by atoms with Crippen LogP contribution in [0, 0.1) is 5.82 Å². The zero-order chi connectivity index (χ0) is 22.6. The summed E-state index contributed by atoms with van der Waals surface area (Å²) in [6, 6.07) is 19.7. The molecule has 3 aromatic carbocycles. The SMILES string of the molecule is O=C(Nc1ccc(N2CCOCC2)c(F)c1)c1ccccc1CSc1nc2ccccc2o1. The average molecular weight is 464 g/mol. The molecular formula is C25H22FN3O3S. The number of nitrogens with zero attached hydrogens (tertiary/aromatic N) is 2. The Bertz CT molecular complexity index is 1250. The van der Waals surface area contributed by atoms with Crippen LogP contribution in [-0.4, -0.2) is 37.2 Å². The molecule has 0 saturated carbocycles. The third kappa shape index (κ3) is 4.86. The molecule has 8 heteroatoms. The molecule has 1 aliphatic heterocycles. The molecule has 0 aliphatic carbocycles. The van der Waals surface area contributed by atoms with Gasteiger partial charge in [0.2, 0.25) is 0 Å². The fourth-order valence-electron chi connectivity index (χ4n) is 3.76. The van der Waals surface area contributed by atoms with Crippen LogP contribution in [0.1, 0.15) is 15.9 Å². The minimum atomic E-state index is -0.366. The maximum absolute atomic E-state index is 14.7. The van der Waals surface area contributed by atoms with E-state index in [-0.39, 0.29) is 11.7 Å². The van der Waals surface area contributed by atoms with Crippen molar-refractivity contribution in [2.45, 2.75) is 11.0 Å². The highest BCUT2D eigenvalue weighted by atomic mass is 32.2. The number of carbonyl (C=O) groups is 1. The number of carbonyl (C=O) groups excluding carboxylic acids is 1. The van der Waals surface area contributed by atoms with Crippen LogP contribution in [-0.2, 0) is 10.5 Å². The monoisotopic (exact) mass is 463 g/mol. The molecule has 0 atom stereocenters. The van der Waals surface area contributed by atoms with Crippen LogP contribution in [0.25, 0.3) is 11.1 Å². The van der Waals surface area contributed by atoms with Crippen LogP contribution in [0.4, 0.5) is 15.8 Å². The number of hydrogen-bond donors (Lipinski definition) is 1. The number of amides is 1. The number of morpholine rings is 1. The van der Waals surface area contributed by atoms with Gasteiger partial charge in [0.25, 0.3) is 11.1 Å². The first-order valence-corrected chi connectivity index (χ1v) is 11.7. The van der Waals surface area contributed by atoms with E-state index < -0.39 is 0 Å². The molecule has 1 N–H and O–H groups in total. The largest absolute Gasteiger partial charge is 0.431 e. The number of ether oxygens (including phenoxy) is 1. The lowest BCUT2D eigenvalue weighted by atomic mass is 10.1. The highest BCUT2D eigenvalue weighted by Gasteiger charge is 2.17. The van der Waals surface area contributed by atoms with E-state index in [0.29, 0.717) is 54.2 Å². The average Bonchev–Trinajstić information content (AvgIpc) is 3.27. The molecule has 1 aromatic heterocycles. The Morgan fingerprint density at radius 3 is 2.67 bits per heavy atom. The van der Waals surface area contributed by atoms with E-state index in [0.717, 1.165) is 16.7 Å². The summed E-state index contributed by atoms with van der Waals surface area (Å²) < 4.78 is 25.8. The zero-order valence-corrected chi connectivity index (χ0v) is 18.6. The summed E-state index contributed by atoms with van der Waals surface area (Å²) >= 11 is 1.42. The number of oxazole rings is 1. The second-order valence-electron chi connectivity index (χ2n) is 7.61. The van der Waals surface area contributed by atoms with Gasteiger partial charge < -0.3 is 19.4 Å². The van der Waals surface area contributed by atoms with Gasteiger partial charge in [0, 0.05) is 30.1 Å². The van der Waals surface area contributed by atoms with Crippen LogP contribution in [0.2, 0.25) is 0 Å². The molecule has 0 unspecified atom stereocenters. The van der Waals surface area contributed by atoms with Gasteiger partial charge in [0.1, 0.15) is 11.3 Å². The summed E-state index contributed by atoms with van der Waals surface area (Å²) in [7, 11) is 0. The highest BCUT2D eigenvalue weighted by Crippen LogP contribution is 2.28. The van der Waals surface area contributed by atoms with Gasteiger partial charge in [-0.15, -0.1) is 0 Å². The Hall–Kier alpha value is -3.36. The molecule has 0 bridgehead atoms. The zero-order valence-electron chi connectivity index (χ0n) is 17.8. The van der Waals surface area contributed by atoms with E-state index in [9.17, 15) is 9.18 Å². The van der Waals surface area contributed by atoms with Crippen molar-refractivity contribution in [3.63, 3.8) is 0 Å². The Labute approximate surface area is 194 Å². The molecule has 1 saturated heterocycles. The lowest BCUT2D eigenvalue weighted by molar-refractivity contribution is 0.102. The quantitative estimate of drug-likeness (QED) is 0.389. The molecule has 33 heavy (non-hydrogen) atoms. The number of benzene rings is 3. The molecule has 4 aromatic rings. The first-order chi connectivity index (χ1) is 16.2. The lowest BCUT2D eigenvalue weighted by Gasteiger charge is -2.29. The predicted molar refractivity (Wildman–Crippen MR) is 127 cm³/mol. The van der Waals surface area contributed by atoms with E-state index in [1.807, 2.05) is 47.4 Å². The molecule has 168 valence electrons. The van der Waals surface area contributed by atoms with Crippen molar-refractivity contribution >= 4 is 40.1 Å². The normalized spacial score (nSPS) is 13.9. The maximum Gasteiger partial charge on any atom is 0.257 e. The number of thioether (sulfide) groups is 1. The number of fused-ring (bicyclic) bond motifs is 1. The molecular weight excluding hydrogens is 441 g/mol. The molecule has 1 aliphatic rings. The molecule has 2 heterocycles. The van der Waals surface area contributed by atoms with E-state index in [4.69, 9.17) is 9.15 Å². The standard InChI is InChI=1S/C25H22FN3O3S/c26-20-15-18(9-10-22(20)29-11-13-31-14-12-29)27-24(30)19-6-2-1-5-17(19)16-33-25-28-21-7-3-4-8-23(21)32-25/h1-10,15H,11-14,16H2,(H,27,30). The number of nitrogens with one attached hydrogen (secondary N) is 1. The van der Waals surface area contributed by atoms with Gasteiger partial charge in [-0.3, -0.25) is 4.79 Å². The van der Waals surface area contributed by atoms with Gasteiger partial charge in [-0.25, -0.2) is 9.37 Å². The van der Waals surface area contributed by atoms with Crippen LogP contribution < -0.4 is 10.2 Å². The van der Waals surface area contributed by atoms with E-state index in [1.165, 1.54) is 17.8 Å². The Morgan fingerprint density at radius 2 is 1.85 bits per heavy atom. The summed E-state index contributed by atoms with van der Waals surface area (Å²) in [6.07, 6.45) is 0. The topological polar surface area (TPSA) is 67.6 Å². The number of aromatic nitrogens is 1. The van der Waals surface area contributed by atoms with E-state index in [1.54, 1.807) is 18.2 Å². The van der Waals surface area contributed by atoms with Crippen molar-refractivity contribution < 1.29 is 18.3 Å². The van der Waals surface area contributed by atoms with Crippen LogP contribution in [0.5, 0.6) is 0 Å². The van der Waals surface area contributed by atoms with Crippen molar-refractivity contribution in [1.29, 1.82) is 0 Å². The van der Waals surface area contributed by atoms with Gasteiger partial charge in [0.15, 0.2) is 5.58 Å². The molecule has 5 rings (SSSR count). The summed E-state index contributed by atoms with van der Waals surface area (Å²) in [5, 5.41) is 3.37. The Kier molecular flexibility index (Phi) is 6.28. The Morgan fingerprint density at radius 1 is 1.06 bits per heavy atom. The van der Waals surface area contributed by atoms with Gasteiger partial charge in [-0.2, -0.15) is 0 Å². The van der Waals surface area contributed by atoms with E-state index >= 15 is 0 Å². The van der Waals surface area contributed by atoms with Crippen molar-refractivity contribution in [2.24, 2.45) is 0 Å². The molecule has 1 fully saturated rings. The number of para-hydroxylation sites is 2. The number of halogens is 1. The molecule has 0 radical (unpaired) electrons. The minimum Gasteiger partial charge on any atom is -0.431 e. The van der Waals surface area contributed by atoms with Crippen molar-refractivity contribution in [1.82, 2.24) is 4.98 Å².